The van der Waals surface area contributed by atoms with E-state index < -0.39 is 27.3 Å². The molecule has 2 aromatic carbocycles. The third-order valence-corrected chi connectivity index (χ3v) is 5.84. The average molecular weight is 482 g/mol. The zero-order valence-electron chi connectivity index (χ0n) is 15.2. The van der Waals surface area contributed by atoms with Crippen LogP contribution in [0.3, 0.4) is 0 Å². The molecule has 0 radical (unpaired) electrons. The van der Waals surface area contributed by atoms with Gasteiger partial charge in [-0.2, -0.15) is 34.8 Å². The minimum absolute atomic E-state index is 0.0893. The van der Waals surface area contributed by atoms with E-state index in [1.54, 1.807) is 5.38 Å². The van der Waals surface area contributed by atoms with E-state index >= 15 is 0 Å². The van der Waals surface area contributed by atoms with Crippen LogP contribution >= 0.6 is 11.3 Å². The Morgan fingerprint density at radius 2 is 1.68 bits per heavy atom. The Labute approximate surface area is 176 Å². The molecule has 0 amide bonds. The van der Waals surface area contributed by atoms with Crippen molar-refractivity contribution in [1.82, 2.24) is 4.98 Å². The number of hydrogen-bond donors (Lipinski definition) is 1. The van der Waals surface area contributed by atoms with Crippen molar-refractivity contribution >= 4 is 27.0 Å². The summed E-state index contributed by atoms with van der Waals surface area (Å²) >= 11 is 1.18. The molecule has 31 heavy (non-hydrogen) atoms. The zero-order chi connectivity index (χ0) is 22.9. The van der Waals surface area contributed by atoms with Crippen molar-refractivity contribution in [1.29, 1.82) is 0 Å². The Bertz CT molecular complexity index is 1160. The molecule has 0 atom stereocenters. The zero-order valence-corrected chi connectivity index (χ0v) is 16.8. The van der Waals surface area contributed by atoms with E-state index in [1.165, 1.54) is 40.3 Å². The van der Waals surface area contributed by atoms with Crippen molar-refractivity contribution < 1.29 is 39.5 Å². The summed E-state index contributed by atoms with van der Waals surface area (Å²) in [5.74, 6) is 0.0893. The number of sulfonamides is 1. The van der Waals surface area contributed by atoms with Gasteiger partial charge in [-0.3, -0.25) is 4.72 Å². The molecule has 0 fully saturated rings. The highest BCUT2D eigenvalue weighted by atomic mass is 32.2. The Morgan fingerprint density at radius 1 is 1.00 bits per heavy atom. The van der Waals surface area contributed by atoms with Crippen LogP contribution in [0.5, 0.6) is 5.75 Å². The van der Waals surface area contributed by atoms with Gasteiger partial charge in [0.1, 0.15) is 17.4 Å². The maximum Gasteiger partial charge on any atom is 0.516 e. The van der Waals surface area contributed by atoms with Gasteiger partial charge < -0.3 is 4.74 Å². The fourth-order valence-corrected chi connectivity index (χ4v) is 3.69. The maximum atomic E-state index is 12.6. The summed E-state index contributed by atoms with van der Waals surface area (Å²) < 4.78 is 105. The van der Waals surface area contributed by atoms with Crippen LogP contribution in [-0.4, -0.2) is 18.9 Å². The molecule has 0 spiro atoms. The van der Waals surface area contributed by atoms with Crippen LogP contribution in [0, 0.1) is 0 Å². The number of nitrogens with one attached hydrogen (secondary N) is 1. The van der Waals surface area contributed by atoms with Gasteiger partial charge in [0.15, 0.2) is 0 Å². The molecular weight excluding hydrogens is 470 g/mol. The molecular formula is C18H12F6N2O3S2. The van der Waals surface area contributed by atoms with Crippen LogP contribution in [0.4, 0.5) is 32.0 Å². The number of rotatable bonds is 6. The highest BCUT2D eigenvalue weighted by molar-refractivity contribution is 7.93. The van der Waals surface area contributed by atoms with E-state index in [0.717, 1.165) is 24.3 Å². The summed E-state index contributed by atoms with van der Waals surface area (Å²) in [7, 11) is -5.56. The minimum Gasteiger partial charge on any atom is -0.487 e. The van der Waals surface area contributed by atoms with Gasteiger partial charge in [-0.05, 0) is 24.3 Å². The van der Waals surface area contributed by atoms with E-state index in [2.05, 4.69) is 4.98 Å². The Hall–Kier alpha value is -2.80. The second-order valence-electron chi connectivity index (χ2n) is 6.09. The first-order valence-corrected chi connectivity index (χ1v) is 10.7. The summed E-state index contributed by atoms with van der Waals surface area (Å²) in [5, 5.41) is 2.07. The number of benzene rings is 2. The second kappa shape index (κ2) is 8.38. The third kappa shape index (κ3) is 5.67. The fourth-order valence-electron chi connectivity index (χ4n) is 2.33. The summed E-state index contributed by atoms with van der Waals surface area (Å²) in [4.78, 5) is 4.25. The van der Waals surface area contributed by atoms with Crippen molar-refractivity contribution in [3.63, 3.8) is 0 Å². The standard InChI is InChI=1S/C18H12F6N2O3S2/c19-17(20,21)12-6-4-11(5-7-12)16-25-14(10-30-16)9-29-15-3-1-2-13(8-15)26-31(27,28)18(22,23)24/h1-8,10,26H,9H2. The molecule has 1 heterocycles. The molecule has 5 nitrogen and oxygen atoms in total. The van der Waals surface area contributed by atoms with Crippen LogP contribution in [0.15, 0.2) is 53.9 Å². The normalized spacial score (nSPS) is 12.6. The summed E-state index contributed by atoms with van der Waals surface area (Å²) in [6.45, 7) is -0.0907. The number of aromatic nitrogens is 1. The Morgan fingerprint density at radius 3 is 2.29 bits per heavy atom. The first-order chi connectivity index (χ1) is 14.3. The van der Waals surface area contributed by atoms with Gasteiger partial charge >= 0.3 is 21.7 Å². The van der Waals surface area contributed by atoms with Crippen molar-refractivity contribution in [2.75, 3.05) is 4.72 Å². The monoisotopic (exact) mass is 482 g/mol. The second-order valence-corrected chi connectivity index (χ2v) is 8.62. The van der Waals surface area contributed by atoms with Gasteiger partial charge in [0, 0.05) is 17.0 Å². The van der Waals surface area contributed by atoms with Gasteiger partial charge in [0.2, 0.25) is 0 Å². The predicted octanol–water partition coefficient (Wildman–Crippen LogP) is 5.67. The first-order valence-electron chi connectivity index (χ1n) is 8.29. The van der Waals surface area contributed by atoms with Gasteiger partial charge in [0.25, 0.3) is 0 Å². The number of anilines is 1. The minimum atomic E-state index is -5.56. The average Bonchev–Trinajstić information content (AvgIpc) is 3.14. The van der Waals surface area contributed by atoms with Gasteiger partial charge in [-0.15, -0.1) is 11.3 Å². The highest BCUT2D eigenvalue weighted by Crippen LogP contribution is 2.32. The quantitative estimate of drug-likeness (QED) is 0.460. The SMILES string of the molecule is O=S(=O)(Nc1cccc(OCc2csc(-c3ccc(C(F)(F)F)cc3)n2)c1)C(F)(F)F. The van der Waals surface area contributed by atoms with Crippen LogP contribution in [0.1, 0.15) is 11.3 Å². The van der Waals surface area contributed by atoms with Crippen LogP contribution in [0.25, 0.3) is 10.6 Å². The topological polar surface area (TPSA) is 68.3 Å². The molecule has 0 unspecified atom stereocenters. The van der Waals surface area contributed by atoms with Crippen LogP contribution in [-0.2, 0) is 22.8 Å². The third-order valence-electron chi connectivity index (χ3n) is 3.79. The maximum absolute atomic E-state index is 12.6. The Kier molecular flexibility index (Phi) is 6.18. The van der Waals surface area contributed by atoms with Crippen molar-refractivity contribution in [3.8, 4) is 16.3 Å². The van der Waals surface area contributed by atoms with Crippen LogP contribution < -0.4 is 9.46 Å². The van der Waals surface area contributed by atoms with E-state index in [-0.39, 0.29) is 18.0 Å². The summed E-state index contributed by atoms with van der Waals surface area (Å²) in [6.07, 6.45) is -4.44. The molecule has 166 valence electrons. The van der Waals surface area contributed by atoms with Crippen molar-refractivity contribution in [2.24, 2.45) is 0 Å². The molecule has 1 aromatic heterocycles. The number of thiazole rings is 1. The molecule has 0 saturated carbocycles. The molecule has 0 aliphatic rings. The molecule has 13 heteroatoms. The number of hydrogen-bond acceptors (Lipinski definition) is 5. The number of ether oxygens (including phenoxy) is 1. The largest absolute Gasteiger partial charge is 0.516 e. The first kappa shape index (κ1) is 22.9. The van der Waals surface area contributed by atoms with E-state index in [1.807, 2.05) is 0 Å². The van der Waals surface area contributed by atoms with E-state index in [0.29, 0.717) is 16.3 Å². The predicted molar refractivity (Wildman–Crippen MR) is 102 cm³/mol. The Balaban J connectivity index is 1.66. The molecule has 3 aromatic rings. The highest BCUT2D eigenvalue weighted by Gasteiger charge is 2.46. The fraction of sp³-hybridized carbons (Fsp3) is 0.167. The summed E-state index contributed by atoms with van der Waals surface area (Å²) in [5.41, 5.74) is -5.66. The van der Waals surface area contributed by atoms with Crippen molar-refractivity contribution in [2.45, 2.75) is 18.3 Å². The number of nitrogens with zero attached hydrogens (tertiary/aromatic N) is 1. The van der Waals surface area contributed by atoms with Gasteiger partial charge in [-0.1, -0.05) is 18.2 Å². The lowest BCUT2D eigenvalue weighted by Gasteiger charge is -2.11. The molecule has 0 bridgehead atoms. The van der Waals surface area contributed by atoms with E-state index in [9.17, 15) is 34.8 Å². The number of halogens is 6. The van der Waals surface area contributed by atoms with Crippen LogP contribution in [0.2, 0.25) is 0 Å². The molecule has 3 rings (SSSR count). The van der Waals surface area contributed by atoms with Gasteiger partial charge in [0.05, 0.1) is 16.9 Å². The number of alkyl halides is 6. The molecule has 0 aliphatic carbocycles. The lowest BCUT2D eigenvalue weighted by molar-refractivity contribution is -0.137. The lowest BCUT2D eigenvalue weighted by Crippen LogP contribution is -2.29. The molecule has 0 aliphatic heterocycles. The summed E-state index contributed by atoms with van der Waals surface area (Å²) in [6, 6.07) is 9.40. The molecule has 0 saturated heterocycles. The van der Waals surface area contributed by atoms with Gasteiger partial charge in [-0.25, -0.2) is 4.98 Å². The van der Waals surface area contributed by atoms with Crippen molar-refractivity contribution in [3.05, 3.63) is 65.2 Å². The van der Waals surface area contributed by atoms with E-state index in [4.69, 9.17) is 4.74 Å². The molecule has 1 N–H and O–H groups in total. The smallest absolute Gasteiger partial charge is 0.487 e. The lowest BCUT2D eigenvalue weighted by atomic mass is 10.1.